The first-order valence-corrected chi connectivity index (χ1v) is 11.9. The fourth-order valence-electron chi connectivity index (χ4n) is 4.74. The monoisotopic (exact) mass is 507 g/mol. The van der Waals surface area contributed by atoms with Crippen molar-refractivity contribution in [2.75, 3.05) is 13.7 Å². The van der Waals surface area contributed by atoms with Crippen molar-refractivity contribution in [2.45, 2.75) is 105 Å². The number of likely N-dealkylation sites (N-methyl/N-ethyl adjacent to an activating group) is 1. The van der Waals surface area contributed by atoms with Gasteiger partial charge >= 0.3 is 0 Å². The summed E-state index contributed by atoms with van der Waals surface area (Å²) in [6.07, 6.45) is -5.53. The van der Waals surface area contributed by atoms with Gasteiger partial charge < -0.3 is 72.7 Å². The number of fused-ring (bicyclic) bond motifs is 1. The summed E-state index contributed by atoms with van der Waals surface area (Å²) < 4.78 is 23.4. The maximum Gasteiger partial charge on any atom is 0.216 e. The minimum atomic E-state index is -1.77. The molecule has 0 bridgehead atoms. The van der Waals surface area contributed by atoms with Crippen molar-refractivity contribution < 1.29 is 44.5 Å². The Bertz CT molecular complexity index is 704. The van der Waals surface area contributed by atoms with E-state index in [2.05, 4.69) is 5.32 Å². The van der Waals surface area contributed by atoms with Gasteiger partial charge in [-0.05, 0) is 32.4 Å². The predicted molar refractivity (Wildman–Crippen MR) is 122 cm³/mol. The Kier molecular flexibility index (Phi) is 10.2. The van der Waals surface area contributed by atoms with Gasteiger partial charge in [-0.2, -0.15) is 0 Å². The molecule has 1 saturated carbocycles. The lowest BCUT2D eigenvalue weighted by Gasteiger charge is -2.50. The third-order valence-electron chi connectivity index (χ3n) is 6.81. The summed E-state index contributed by atoms with van der Waals surface area (Å²) in [5.41, 5.74) is 24.0. The SMILES string of the molecule is CNC1C(O[C@@H](O)/C(O)=C\[C@H](N)CCO)O[C@H]2CC(N)[C@@H](O[C@H]3CC(O)[C@H](N)CC3N)OC2C1O. The van der Waals surface area contributed by atoms with Gasteiger partial charge in [0.05, 0.1) is 30.4 Å². The van der Waals surface area contributed by atoms with Crippen molar-refractivity contribution in [3.8, 4) is 0 Å². The number of aliphatic hydroxyl groups excluding tert-OH is 5. The number of ether oxygens (including phenoxy) is 4. The normalized spacial score (nSPS) is 44.5. The number of nitrogens with two attached hydrogens (primary N) is 4. The lowest BCUT2D eigenvalue weighted by atomic mass is 9.87. The van der Waals surface area contributed by atoms with E-state index in [0.29, 0.717) is 6.42 Å². The van der Waals surface area contributed by atoms with Crippen molar-refractivity contribution in [3.63, 3.8) is 0 Å². The van der Waals surface area contributed by atoms with Crippen molar-refractivity contribution in [1.29, 1.82) is 0 Å². The zero-order valence-corrected chi connectivity index (χ0v) is 19.8. The number of hydrogen-bond acceptors (Lipinski definition) is 14. The van der Waals surface area contributed by atoms with Crippen LogP contribution in [0.1, 0.15) is 25.7 Å². The van der Waals surface area contributed by atoms with Gasteiger partial charge in [-0.25, -0.2) is 0 Å². The molecule has 3 rings (SSSR count). The van der Waals surface area contributed by atoms with Gasteiger partial charge in [0.15, 0.2) is 12.6 Å². The molecule has 3 fully saturated rings. The van der Waals surface area contributed by atoms with Crippen molar-refractivity contribution in [2.24, 2.45) is 22.9 Å². The van der Waals surface area contributed by atoms with Crippen molar-refractivity contribution in [1.82, 2.24) is 5.32 Å². The first kappa shape index (κ1) is 28.6. The average Bonchev–Trinajstić information content (AvgIpc) is 2.78. The number of rotatable bonds is 9. The van der Waals surface area contributed by atoms with E-state index < -0.39 is 85.4 Å². The fraction of sp³-hybridized carbons (Fsp3) is 0.905. The Labute approximate surface area is 204 Å². The van der Waals surface area contributed by atoms with Gasteiger partial charge in [0.25, 0.3) is 0 Å². The zero-order chi connectivity index (χ0) is 25.9. The summed E-state index contributed by atoms with van der Waals surface area (Å²) in [6.45, 7) is -0.184. The van der Waals surface area contributed by atoms with E-state index in [4.69, 9.17) is 47.0 Å². The Morgan fingerprint density at radius 3 is 2.46 bits per heavy atom. The molecule has 2 aliphatic heterocycles. The van der Waals surface area contributed by atoms with Gasteiger partial charge in [0.1, 0.15) is 18.0 Å². The van der Waals surface area contributed by atoms with Crippen LogP contribution in [0.4, 0.5) is 0 Å². The number of hydrogen-bond donors (Lipinski definition) is 10. The molecule has 0 aromatic rings. The summed E-state index contributed by atoms with van der Waals surface area (Å²) in [5.74, 6) is -0.545. The molecule has 13 atom stereocenters. The summed E-state index contributed by atoms with van der Waals surface area (Å²) in [6, 6.07) is -2.98. The standard InChI is InChI=1S/C21H41N5O9/c1-26-16-17(30)18-15(33-21(16)35-19(31)13(29)4-8(22)2-3-27)6-11(25)20(34-18)32-14-7-12(28)9(23)5-10(14)24/h4,8-12,14-21,26-31H,2-3,5-7,22-25H2,1H3/b13-4+/t8-,9-,10?,11?,12?,14+,15+,16?,17?,18?,19-,20+,21?/m1/s1. The van der Waals surface area contributed by atoms with E-state index in [1.807, 2.05) is 0 Å². The lowest BCUT2D eigenvalue weighted by molar-refractivity contribution is -0.345. The van der Waals surface area contributed by atoms with E-state index in [1.54, 1.807) is 7.05 Å². The molecule has 204 valence electrons. The molecule has 2 heterocycles. The van der Waals surface area contributed by atoms with E-state index in [1.165, 1.54) is 6.08 Å². The zero-order valence-electron chi connectivity index (χ0n) is 19.8. The van der Waals surface area contributed by atoms with Crippen molar-refractivity contribution in [3.05, 3.63) is 11.8 Å². The molecule has 14 heteroatoms. The summed E-state index contributed by atoms with van der Waals surface area (Å²) in [4.78, 5) is 0. The maximum absolute atomic E-state index is 11.0. The first-order chi connectivity index (χ1) is 16.5. The molecule has 14 N–H and O–H groups in total. The van der Waals surface area contributed by atoms with Crippen LogP contribution in [0.25, 0.3) is 0 Å². The van der Waals surface area contributed by atoms with Gasteiger partial charge in [0.2, 0.25) is 6.29 Å². The number of nitrogens with one attached hydrogen (secondary N) is 1. The van der Waals surface area contributed by atoms with E-state index >= 15 is 0 Å². The molecule has 14 nitrogen and oxygen atoms in total. The second kappa shape index (κ2) is 12.5. The summed E-state index contributed by atoms with van der Waals surface area (Å²) in [7, 11) is 1.57. The largest absolute Gasteiger partial charge is 0.507 e. The summed E-state index contributed by atoms with van der Waals surface area (Å²) in [5, 5.41) is 53.3. The molecule has 0 spiro atoms. The van der Waals surface area contributed by atoms with Crippen LogP contribution in [0.3, 0.4) is 0 Å². The summed E-state index contributed by atoms with van der Waals surface area (Å²) >= 11 is 0. The molecule has 35 heavy (non-hydrogen) atoms. The minimum Gasteiger partial charge on any atom is -0.507 e. The van der Waals surface area contributed by atoms with E-state index in [-0.39, 0.29) is 25.9 Å². The lowest BCUT2D eigenvalue weighted by Crippen LogP contribution is -2.68. The third kappa shape index (κ3) is 6.87. The fourth-order valence-corrected chi connectivity index (χ4v) is 4.74. The van der Waals surface area contributed by atoms with Gasteiger partial charge in [-0.3, -0.25) is 0 Å². The first-order valence-electron chi connectivity index (χ1n) is 11.9. The predicted octanol–water partition coefficient (Wildman–Crippen LogP) is -4.22. The van der Waals surface area contributed by atoms with Crippen LogP contribution in [0.2, 0.25) is 0 Å². The molecule has 2 saturated heterocycles. The highest BCUT2D eigenvalue weighted by atomic mass is 16.8. The smallest absolute Gasteiger partial charge is 0.216 e. The highest BCUT2D eigenvalue weighted by Gasteiger charge is 2.52. The second-order valence-electron chi connectivity index (χ2n) is 9.51. The highest BCUT2D eigenvalue weighted by Crippen LogP contribution is 2.34. The molecule has 1 aliphatic carbocycles. The Morgan fingerprint density at radius 1 is 1.09 bits per heavy atom. The third-order valence-corrected chi connectivity index (χ3v) is 6.81. The second-order valence-corrected chi connectivity index (χ2v) is 9.51. The molecular formula is C21H41N5O9. The van der Waals surface area contributed by atoms with Crippen molar-refractivity contribution >= 4 is 0 Å². The van der Waals surface area contributed by atoms with Crippen LogP contribution in [-0.2, 0) is 18.9 Å². The average molecular weight is 508 g/mol. The van der Waals surface area contributed by atoms with Gasteiger partial charge in [0, 0.05) is 31.2 Å². The number of aliphatic hydroxyl groups is 5. The van der Waals surface area contributed by atoms with E-state index in [0.717, 1.165) is 0 Å². The maximum atomic E-state index is 11.0. The van der Waals surface area contributed by atoms with Gasteiger partial charge in [-0.15, -0.1) is 0 Å². The van der Waals surface area contributed by atoms with Crippen LogP contribution < -0.4 is 28.3 Å². The van der Waals surface area contributed by atoms with Crippen LogP contribution >= 0.6 is 0 Å². The van der Waals surface area contributed by atoms with Gasteiger partial charge in [-0.1, -0.05) is 0 Å². The molecule has 0 aromatic carbocycles. The molecule has 7 unspecified atom stereocenters. The molecule has 0 aromatic heterocycles. The minimum absolute atomic E-state index is 0.184. The molecule has 3 aliphatic rings. The topological polar surface area (TPSA) is 254 Å². The molecule has 0 amide bonds. The van der Waals surface area contributed by atoms with Crippen LogP contribution in [0, 0.1) is 0 Å². The molecular weight excluding hydrogens is 466 g/mol. The van der Waals surface area contributed by atoms with Crippen LogP contribution in [0.5, 0.6) is 0 Å². The van der Waals surface area contributed by atoms with E-state index in [9.17, 15) is 20.4 Å². The quantitative estimate of drug-likeness (QED) is 0.105. The van der Waals surface area contributed by atoms with Crippen LogP contribution in [0.15, 0.2) is 11.8 Å². The van der Waals surface area contributed by atoms with Crippen LogP contribution in [-0.4, -0.2) is 119 Å². The highest BCUT2D eigenvalue weighted by molar-refractivity contribution is 5.02. The Hall–Kier alpha value is -0.980. The Balaban J connectivity index is 1.64. The Morgan fingerprint density at radius 2 is 1.80 bits per heavy atom. The molecule has 0 radical (unpaired) electrons.